The zero-order valence-corrected chi connectivity index (χ0v) is 16.3. The van der Waals surface area contributed by atoms with E-state index in [1.165, 1.54) is 44.8 Å². The molecule has 0 aromatic rings. The van der Waals surface area contributed by atoms with E-state index >= 15 is 0 Å². The fraction of sp³-hybridized carbons (Fsp3) is 0.727. The van der Waals surface area contributed by atoms with Gasteiger partial charge in [-0.25, -0.2) is 8.78 Å². The van der Waals surface area contributed by atoms with Crippen LogP contribution in [0.25, 0.3) is 0 Å². The summed E-state index contributed by atoms with van der Waals surface area (Å²) in [4.78, 5) is 0. The molecule has 0 N–H and O–H groups in total. The molecule has 0 heterocycles. The second kappa shape index (κ2) is 11.4. The molecule has 2 saturated carbocycles. The Morgan fingerprint density at radius 1 is 1.00 bits per heavy atom. The second-order valence-electron chi connectivity index (χ2n) is 7.98. The summed E-state index contributed by atoms with van der Waals surface area (Å²) in [7, 11) is 1.55. The van der Waals surface area contributed by atoms with Gasteiger partial charge in [0.1, 0.15) is 6.33 Å². The highest BCUT2D eigenvalue weighted by molar-refractivity contribution is 5.18. The Morgan fingerprint density at radius 2 is 1.62 bits per heavy atom. The zero-order chi connectivity index (χ0) is 18.8. The van der Waals surface area contributed by atoms with Gasteiger partial charge in [0.25, 0.3) is 0 Å². The summed E-state index contributed by atoms with van der Waals surface area (Å²) in [6.07, 6.45) is 15.5. The molecule has 4 heteroatoms. The van der Waals surface area contributed by atoms with Crippen LogP contribution in [0.3, 0.4) is 0 Å². The van der Waals surface area contributed by atoms with E-state index in [-0.39, 0.29) is 12.1 Å². The zero-order valence-electron chi connectivity index (χ0n) is 16.3. The van der Waals surface area contributed by atoms with Crippen LogP contribution < -0.4 is 0 Å². The van der Waals surface area contributed by atoms with Crippen molar-refractivity contribution in [1.29, 1.82) is 0 Å². The topological polar surface area (TPSA) is 18.5 Å². The summed E-state index contributed by atoms with van der Waals surface area (Å²) < 4.78 is 36.6. The van der Waals surface area contributed by atoms with Crippen molar-refractivity contribution >= 4 is 0 Å². The summed E-state index contributed by atoms with van der Waals surface area (Å²) in [5.74, 6) is 2.16. The quantitative estimate of drug-likeness (QED) is 0.344. The third-order valence-corrected chi connectivity index (χ3v) is 6.10. The van der Waals surface area contributed by atoms with Gasteiger partial charge in [-0.2, -0.15) is 0 Å². The van der Waals surface area contributed by atoms with Crippen molar-refractivity contribution in [3.63, 3.8) is 0 Å². The number of rotatable bonds is 8. The van der Waals surface area contributed by atoms with Gasteiger partial charge in [-0.05, 0) is 80.8 Å². The average Bonchev–Trinajstić information content (AvgIpc) is 2.68. The fourth-order valence-corrected chi connectivity index (χ4v) is 4.40. The Hall–Kier alpha value is -1.32. The summed E-state index contributed by atoms with van der Waals surface area (Å²) in [6, 6.07) is 0. The number of ether oxygens (including phenoxy) is 2. The van der Waals surface area contributed by atoms with Crippen LogP contribution >= 0.6 is 0 Å². The first kappa shape index (κ1) is 21.0. The number of allylic oxidation sites excluding steroid dienone is 3. The van der Waals surface area contributed by atoms with E-state index in [0.29, 0.717) is 18.9 Å². The predicted molar refractivity (Wildman–Crippen MR) is 102 cm³/mol. The van der Waals surface area contributed by atoms with E-state index in [9.17, 15) is 8.78 Å². The first-order chi connectivity index (χ1) is 12.6. The first-order valence-electron chi connectivity index (χ1n) is 10.1. The third-order valence-electron chi connectivity index (χ3n) is 6.10. The van der Waals surface area contributed by atoms with Crippen LogP contribution in [0.1, 0.15) is 64.7 Å². The molecule has 0 aromatic carbocycles. The number of halogens is 2. The third kappa shape index (κ3) is 6.77. The lowest BCUT2D eigenvalue weighted by molar-refractivity contribution is 0.0995. The molecule has 0 spiro atoms. The molecular formula is C22H34F2O2. The fourth-order valence-electron chi connectivity index (χ4n) is 4.40. The molecule has 0 aliphatic heterocycles. The molecule has 0 bridgehead atoms. The largest absolute Gasteiger partial charge is 0.505 e. The van der Waals surface area contributed by atoms with Gasteiger partial charge in [0.2, 0.25) is 0 Å². The molecule has 26 heavy (non-hydrogen) atoms. The van der Waals surface area contributed by atoms with Gasteiger partial charge in [0.15, 0.2) is 11.6 Å². The molecule has 2 aliphatic carbocycles. The normalized spacial score (nSPS) is 31.2. The Labute approximate surface area is 157 Å². The molecule has 0 aromatic heterocycles. The Balaban J connectivity index is 1.75. The van der Waals surface area contributed by atoms with Crippen LogP contribution in [0.4, 0.5) is 8.78 Å². The average molecular weight is 369 g/mol. The van der Waals surface area contributed by atoms with Crippen molar-refractivity contribution in [3.8, 4) is 0 Å². The lowest BCUT2D eigenvalue weighted by Crippen LogP contribution is -2.26. The maximum atomic E-state index is 13.6. The van der Waals surface area contributed by atoms with Crippen molar-refractivity contribution in [3.05, 3.63) is 36.3 Å². The summed E-state index contributed by atoms with van der Waals surface area (Å²) in [5.41, 5.74) is 0. The molecule has 2 fully saturated rings. The number of methoxy groups -OCH3 is 1. The van der Waals surface area contributed by atoms with Crippen molar-refractivity contribution in [2.24, 2.45) is 23.7 Å². The van der Waals surface area contributed by atoms with Crippen molar-refractivity contribution in [2.75, 3.05) is 13.7 Å². The van der Waals surface area contributed by atoms with Crippen LogP contribution in [0.15, 0.2) is 36.3 Å². The van der Waals surface area contributed by atoms with E-state index in [1.807, 2.05) is 0 Å². The van der Waals surface area contributed by atoms with E-state index < -0.39 is 5.83 Å². The molecular weight excluding hydrogens is 334 g/mol. The molecule has 0 amide bonds. The molecule has 2 rings (SSSR count). The minimum atomic E-state index is -0.944. The van der Waals surface area contributed by atoms with Crippen LogP contribution in [-0.4, -0.2) is 13.7 Å². The van der Waals surface area contributed by atoms with Crippen molar-refractivity contribution in [2.45, 2.75) is 64.7 Å². The monoisotopic (exact) mass is 368 g/mol. The number of hydrogen-bond acceptors (Lipinski definition) is 2. The van der Waals surface area contributed by atoms with E-state index in [1.54, 1.807) is 19.3 Å². The SMILES string of the molecule is CO/C=C/C/C=C(OCC1CCC(C2CCC(C)CC2)CC1)\C(F)=C\F. The highest BCUT2D eigenvalue weighted by Gasteiger charge is 2.30. The van der Waals surface area contributed by atoms with Gasteiger partial charge in [0, 0.05) is 0 Å². The maximum Gasteiger partial charge on any atom is 0.192 e. The molecule has 0 saturated heterocycles. The van der Waals surface area contributed by atoms with Gasteiger partial charge in [-0.15, -0.1) is 0 Å². The smallest absolute Gasteiger partial charge is 0.192 e. The van der Waals surface area contributed by atoms with Gasteiger partial charge >= 0.3 is 0 Å². The molecule has 148 valence electrons. The predicted octanol–water partition coefficient (Wildman–Crippen LogP) is 6.85. The molecule has 2 aliphatic rings. The van der Waals surface area contributed by atoms with Crippen LogP contribution in [0.2, 0.25) is 0 Å². The summed E-state index contributed by atoms with van der Waals surface area (Å²) >= 11 is 0. The molecule has 0 radical (unpaired) electrons. The first-order valence-corrected chi connectivity index (χ1v) is 10.1. The lowest BCUT2D eigenvalue weighted by Gasteiger charge is -2.37. The Kier molecular flexibility index (Phi) is 9.21. The van der Waals surface area contributed by atoms with Gasteiger partial charge in [0.05, 0.1) is 20.0 Å². The lowest BCUT2D eigenvalue weighted by atomic mass is 9.69. The summed E-state index contributed by atoms with van der Waals surface area (Å²) in [6.45, 7) is 2.83. The standard InChI is InChI=1S/C22H34F2O2/c1-17-6-10-19(11-7-17)20-12-8-18(9-13-20)16-26-22(21(24)15-23)5-3-4-14-25-2/h4-5,14-15,17-20H,3,6-13,16H2,1-2H3/b14-4+,21-15-,22-5+. The van der Waals surface area contributed by atoms with Crippen molar-refractivity contribution < 1.29 is 18.3 Å². The number of hydrogen-bond donors (Lipinski definition) is 0. The van der Waals surface area contributed by atoms with E-state index in [0.717, 1.165) is 30.6 Å². The van der Waals surface area contributed by atoms with Crippen molar-refractivity contribution in [1.82, 2.24) is 0 Å². The van der Waals surface area contributed by atoms with Crippen LogP contribution in [0, 0.1) is 23.7 Å². The summed E-state index contributed by atoms with van der Waals surface area (Å²) in [5, 5.41) is 0. The minimum absolute atomic E-state index is 0.00311. The van der Waals surface area contributed by atoms with Crippen LogP contribution in [-0.2, 0) is 9.47 Å². The highest BCUT2D eigenvalue weighted by atomic mass is 19.2. The Bertz CT molecular complexity index is 482. The van der Waals surface area contributed by atoms with E-state index in [4.69, 9.17) is 9.47 Å². The molecule has 0 unspecified atom stereocenters. The minimum Gasteiger partial charge on any atom is -0.505 e. The molecule has 0 atom stereocenters. The Morgan fingerprint density at radius 3 is 2.19 bits per heavy atom. The van der Waals surface area contributed by atoms with Gasteiger partial charge in [-0.1, -0.05) is 19.8 Å². The maximum absolute atomic E-state index is 13.6. The van der Waals surface area contributed by atoms with E-state index in [2.05, 4.69) is 6.92 Å². The van der Waals surface area contributed by atoms with Gasteiger partial charge in [-0.3, -0.25) is 0 Å². The highest BCUT2D eigenvalue weighted by Crippen LogP contribution is 2.41. The van der Waals surface area contributed by atoms with Crippen LogP contribution in [0.5, 0.6) is 0 Å². The van der Waals surface area contributed by atoms with Gasteiger partial charge < -0.3 is 9.47 Å². The molecule has 2 nitrogen and oxygen atoms in total. The second-order valence-corrected chi connectivity index (χ2v) is 7.98.